The second kappa shape index (κ2) is 5.17. The Labute approximate surface area is 109 Å². The fourth-order valence-corrected chi connectivity index (χ4v) is 3.65. The van der Waals surface area contributed by atoms with E-state index < -0.39 is 0 Å². The Bertz CT molecular complexity index is 297. The number of ether oxygens (including phenoxy) is 1. The van der Waals surface area contributed by atoms with Crippen molar-refractivity contribution < 1.29 is 9.53 Å². The predicted octanol–water partition coefficient (Wildman–Crippen LogP) is 1.02. The molecule has 102 valence electrons. The molecule has 3 aliphatic rings. The zero-order valence-corrected chi connectivity index (χ0v) is 11.1. The fraction of sp³-hybridized carbons (Fsp3) is 0.929. The van der Waals surface area contributed by atoms with E-state index in [1.165, 1.54) is 32.2 Å². The number of nitrogens with zero attached hydrogens (tertiary/aromatic N) is 1. The summed E-state index contributed by atoms with van der Waals surface area (Å²) in [6, 6.07) is 0. The predicted molar refractivity (Wildman–Crippen MR) is 69.3 cm³/mol. The third-order valence-corrected chi connectivity index (χ3v) is 4.98. The van der Waals surface area contributed by atoms with E-state index in [1.54, 1.807) is 0 Å². The molecule has 1 N–H and O–H groups in total. The number of piperidine rings is 2. The summed E-state index contributed by atoms with van der Waals surface area (Å²) in [4.78, 5) is 14.4. The van der Waals surface area contributed by atoms with Crippen LogP contribution in [0, 0.1) is 11.3 Å². The van der Waals surface area contributed by atoms with E-state index in [0.29, 0.717) is 17.9 Å². The minimum absolute atomic E-state index is 0.142. The SMILES string of the molecule is O=C([C@@H]1CCOC1)N1CCC2(CCCNC2)CC1. The lowest BCUT2D eigenvalue weighted by molar-refractivity contribution is -0.138. The van der Waals surface area contributed by atoms with E-state index in [9.17, 15) is 4.79 Å². The molecule has 3 rings (SSSR count). The highest BCUT2D eigenvalue weighted by Crippen LogP contribution is 2.37. The summed E-state index contributed by atoms with van der Waals surface area (Å²) in [5.74, 6) is 0.481. The summed E-state index contributed by atoms with van der Waals surface area (Å²) in [5, 5.41) is 3.52. The second-order valence-electron chi connectivity index (χ2n) is 6.17. The van der Waals surface area contributed by atoms with Crippen molar-refractivity contribution in [2.75, 3.05) is 39.4 Å². The van der Waals surface area contributed by atoms with Gasteiger partial charge in [-0.2, -0.15) is 0 Å². The van der Waals surface area contributed by atoms with E-state index in [1.807, 2.05) is 0 Å². The molecule has 1 atom stereocenters. The molecule has 0 radical (unpaired) electrons. The molecule has 3 fully saturated rings. The molecule has 4 heteroatoms. The molecule has 0 saturated carbocycles. The van der Waals surface area contributed by atoms with Crippen LogP contribution in [0.15, 0.2) is 0 Å². The molecule has 1 spiro atoms. The van der Waals surface area contributed by atoms with E-state index >= 15 is 0 Å². The first-order valence-corrected chi connectivity index (χ1v) is 7.36. The average molecular weight is 252 g/mol. The van der Waals surface area contributed by atoms with Crippen LogP contribution >= 0.6 is 0 Å². The first kappa shape index (κ1) is 12.4. The van der Waals surface area contributed by atoms with Crippen LogP contribution in [-0.4, -0.2) is 50.2 Å². The molecule has 0 aromatic rings. The number of likely N-dealkylation sites (tertiary alicyclic amines) is 1. The van der Waals surface area contributed by atoms with Gasteiger partial charge in [0.1, 0.15) is 0 Å². The summed E-state index contributed by atoms with van der Waals surface area (Å²) in [7, 11) is 0. The van der Waals surface area contributed by atoms with Crippen LogP contribution in [0.4, 0.5) is 0 Å². The number of hydrogen-bond donors (Lipinski definition) is 1. The molecule has 0 unspecified atom stereocenters. The highest BCUT2D eigenvalue weighted by atomic mass is 16.5. The molecule has 1 amide bonds. The van der Waals surface area contributed by atoms with Crippen LogP contribution in [0.1, 0.15) is 32.1 Å². The van der Waals surface area contributed by atoms with Gasteiger partial charge in [-0.1, -0.05) is 0 Å². The Morgan fingerprint density at radius 1 is 1.28 bits per heavy atom. The monoisotopic (exact) mass is 252 g/mol. The zero-order chi connectivity index (χ0) is 12.4. The largest absolute Gasteiger partial charge is 0.381 e. The Hall–Kier alpha value is -0.610. The molecule has 0 aromatic heterocycles. The summed E-state index contributed by atoms with van der Waals surface area (Å²) >= 11 is 0. The highest BCUT2D eigenvalue weighted by Gasteiger charge is 2.38. The quantitative estimate of drug-likeness (QED) is 0.757. The molecule has 4 nitrogen and oxygen atoms in total. The summed E-state index contributed by atoms with van der Waals surface area (Å²) in [6.07, 6.45) is 5.92. The van der Waals surface area contributed by atoms with Gasteiger partial charge in [-0.3, -0.25) is 4.79 Å². The van der Waals surface area contributed by atoms with E-state index in [-0.39, 0.29) is 5.92 Å². The Balaban J connectivity index is 1.54. The summed E-state index contributed by atoms with van der Waals surface area (Å²) < 4.78 is 5.32. The van der Waals surface area contributed by atoms with Crippen LogP contribution in [0.25, 0.3) is 0 Å². The average Bonchev–Trinajstić information content (AvgIpc) is 2.94. The number of hydrogen-bond acceptors (Lipinski definition) is 3. The Morgan fingerprint density at radius 2 is 2.11 bits per heavy atom. The summed E-state index contributed by atoms with van der Waals surface area (Å²) in [5.41, 5.74) is 0.487. The van der Waals surface area contributed by atoms with Crippen molar-refractivity contribution in [2.45, 2.75) is 32.1 Å². The van der Waals surface area contributed by atoms with Crippen LogP contribution in [0.2, 0.25) is 0 Å². The first-order valence-electron chi connectivity index (χ1n) is 7.36. The maximum Gasteiger partial charge on any atom is 0.228 e. The van der Waals surface area contributed by atoms with Crippen LogP contribution < -0.4 is 5.32 Å². The maximum absolute atomic E-state index is 12.3. The van der Waals surface area contributed by atoms with E-state index in [0.717, 1.165) is 32.7 Å². The normalized spacial score (nSPS) is 31.8. The molecular weight excluding hydrogens is 228 g/mol. The summed E-state index contributed by atoms with van der Waals surface area (Å²) in [6.45, 7) is 5.64. The van der Waals surface area contributed by atoms with Crippen molar-refractivity contribution in [3.63, 3.8) is 0 Å². The van der Waals surface area contributed by atoms with Crippen molar-refractivity contribution in [3.8, 4) is 0 Å². The van der Waals surface area contributed by atoms with Crippen LogP contribution in [-0.2, 0) is 9.53 Å². The van der Waals surface area contributed by atoms with Crippen LogP contribution in [0.5, 0.6) is 0 Å². The Morgan fingerprint density at radius 3 is 2.72 bits per heavy atom. The minimum Gasteiger partial charge on any atom is -0.381 e. The van der Waals surface area contributed by atoms with E-state index in [4.69, 9.17) is 4.74 Å². The van der Waals surface area contributed by atoms with Crippen molar-refractivity contribution >= 4 is 5.91 Å². The number of nitrogens with one attached hydrogen (secondary N) is 1. The third-order valence-electron chi connectivity index (χ3n) is 4.98. The van der Waals surface area contributed by atoms with Gasteiger partial charge in [-0.25, -0.2) is 0 Å². The lowest BCUT2D eigenvalue weighted by Gasteiger charge is -2.44. The third kappa shape index (κ3) is 2.41. The second-order valence-corrected chi connectivity index (χ2v) is 6.17. The minimum atomic E-state index is 0.142. The molecule has 3 saturated heterocycles. The lowest BCUT2D eigenvalue weighted by atomic mass is 9.73. The lowest BCUT2D eigenvalue weighted by Crippen LogP contribution is -2.50. The van der Waals surface area contributed by atoms with Gasteiger partial charge in [-0.15, -0.1) is 0 Å². The van der Waals surface area contributed by atoms with Crippen molar-refractivity contribution in [2.24, 2.45) is 11.3 Å². The van der Waals surface area contributed by atoms with Gasteiger partial charge in [0.2, 0.25) is 5.91 Å². The molecule has 0 bridgehead atoms. The van der Waals surface area contributed by atoms with Crippen LogP contribution in [0.3, 0.4) is 0 Å². The van der Waals surface area contributed by atoms with Gasteiger partial charge in [0.15, 0.2) is 0 Å². The smallest absolute Gasteiger partial charge is 0.228 e. The molecular formula is C14H24N2O2. The van der Waals surface area contributed by atoms with Gasteiger partial charge in [-0.05, 0) is 44.1 Å². The molecule has 3 heterocycles. The molecule has 3 aliphatic heterocycles. The van der Waals surface area contributed by atoms with Gasteiger partial charge >= 0.3 is 0 Å². The number of amides is 1. The van der Waals surface area contributed by atoms with Crippen molar-refractivity contribution in [1.29, 1.82) is 0 Å². The molecule has 18 heavy (non-hydrogen) atoms. The van der Waals surface area contributed by atoms with Gasteiger partial charge in [0.25, 0.3) is 0 Å². The topological polar surface area (TPSA) is 41.6 Å². The number of carbonyl (C=O) groups is 1. The first-order chi connectivity index (χ1) is 8.79. The maximum atomic E-state index is 12.3. The molecule has 0 aromatic carbocycles. The van der Waals surface area contributed by atoms with Gasteiger partial charge in [0, 0.05) is 26.2 Å². The Kier molecular flexibility index (Phi) is 3.57. The zero-order valence-electron chi connectivity index (χ0n) is 11.1. The standard InChI is InChI=1S/C14H24N2O2/c17-13(12-2-9-18-10-12)16-7-4-14(5-8-16)3-1-6-15-11-14/h12,15H,1-11H2/t12-/m1/s1. The van der Waals surface area contributed by atoms with Crippen molar-refractivity contribution in [3.05, 3.63) is 0 Å². The van der Waals surface area contributed by atoms with Gasteiger partial charge < -0.3 is 15.0 Å². The fourth-order valence-electron chi connectivity index (χ4n) is 3.65. The highest BCUT2D eigenvalue weighted by molar-refractivity contribution is 5.79. The number of rotatable bonds is 1. The van der Waals surface area contributed by atoms with E-state index in [2.05, 4.69) is 10.2 Å². The number of carbonyl (C=O) groups excluding carboxylic acids is 1. The molecule has 0 aliphatic carbocycles. The van der Waals surface area contributed by atoms with Gasteiger partial charge in [0.05, 0.1) is 12.5 Å². The van der Waals surface area contributed by atoms with Crippen molar-refractivity contribution in [1.82, 2.24) is 10.2 Å².